The van der Waals surface area contributed by atoms with E-state index in [-0.39, 0.29) is 17.7 Å². The average Bonchev–Trinajstić information content (AvgIpc) is 3.31. The van der Waals surface area contributed by atoms with Crippen LogP contribution in [0.4, 0.5) is 0 Å². The van der Waals surface area contributed by atoms with Gasteiger partial charge in [-0.3, -0.25) is 19.4 Å². The Kier molecular flexibility index (Phi) is 16.1. The summed E-state index contributed by atoms with van der Waals surface area (Å²) in [6.45, 7) is 14.4. The number of pyridine rings is 1. The van der Waals surface area contributed by atoms with Crippen molar-refractivity contribution >= 4 is 17.7 Å². The first-order valence-electron chi connectivity index (χ1n) is 15.3. The average molecular weight is 624 g/mol. The molecule has 0 aliphatic heterocycles. The van der Waals surface area contributed by atoms with Crippen LogP contribution < -0.4 is 0 Å². The molecule has 0 spiro atoms. The second-order valence-electron chi connectivity index (χ2n) is 12.8. The summed E-state index contributed by atoms with van der Waals surface area (Å²) in [5, 5.41) is 11.8. The van der Waals surface area contributed by atoms with Gasteiger partial charge in [-0.05, 0) is 62.1 Å². The van der Waals surface area contributed by atoms with E-state index in [2.05, 4.69) is 61.9 Å². The van der Waals surface area contributed by atoms with Crippen molar-refractivity contribution < 1.29 is 18.9 Å². The van der Waals surface area contributed by atoms with Crippen LogP contribution in [0, 0.1) is 24.7 Å². The van der Waals surface area contributed by atoms with Crippen molar-refractivity contribution in [2.24, 2.45) is 17.8 Å². The van der Waals surface area contributed by atoms with Gasteiger partial charge in [0.05, 0.1) is 34.4 Å². The fourth-order valence-corrected chi connectivity index (χ4v) is 4.20. The molecule has 0 atom stereocenters. The van der Waals surface area contributed by atoms with Crippen molar-refractivity contribution in [3.63, 3.8) is 0 Å². The lowest BCUT2D eigenvalue weighted by Crippen LogP contribution is -2.24. The van der Waals surface area contributed by atoms with Gasteiger partial charge < -0.3 is 19.2 Å². The minimum Gasteiger partial charge on any atom is -0.361 e. The number of amides is 3. The molecule has 0 radical (unpaired) electrons. The van der Waals surface area contributed by atoms with Crippen LogP contribution >= 0.6 is 0 Å². The van der Waals surface area contributed by atoms with E-state index >= 15 is 0 Å². The zero-order chi connectivity index (χ0) is 34.4. The number of hydrogen-bond donors (Lipinski definition) is 0. The summed E-state index contributed by atoms with van der Waals surface area (Å²) in [7, 11) is 10.5. The Morgan fingerprint density at radius 3 is 1.62 bits per heavy atom. The predicted octanol–water partition coefficient (Wildman–Crippen LogP) is 5.24. The summed E-state index contributed by atoms with van der Waals surface area (Å²) in [6, 6.07) is 5.38. The quantitative estimate of drug-likeness (QED) is 0.317. The van der Waals surface area contributed by atoms with Crippen molar-refractivity contribution in [3.8, 4) is 0 Å². The minimum absolute atomic E-state index is 0.0134. The van der Waals surface area contributed by atoms with Gasteiger partial charge in [-0.1, -0.05) is 46.7 Å². The van der Waals surface area contributed by atoms with Crippen LogP contribution in [0.1, 0.15) is 95.5 Å². The summed E-state index contributed by atoms with van der Waals surface area (Å²) >= 11 is 0. The lowest BCUT2D eigenvalue weighted by atomic mass is 10.0. The molecule has 45 heavy (non-hydrogen) atoms. The van der Waals surface area contributed by atoms with E-state index in [1.807, 2.05) is 6.07 Å². The highest BCUT2D eigenvalue weighted by Gasteiger charge is 2.22. The van der Waals surface area contributed by atoms with Gasteiger partial charge in [-0.2, -0.15) is 10.2 Å². The molecule has 0 N–H and O–H groups in total. The molecule has 11 heteroatoms. The molecule has 0 bridgehead atoms. The Balaban J connectivity index is 0.000000337. The molecule has 0 saturated heterocycles. The molecule has 3 aromatic rings. The third kappa shape index (κ3) is 12.8. The third-order valence-corrected chi connectivity index (χ3v) is 6.32. The number of hydrogen-bond acceptors (Lipinski definition) is 8. The second-order valence-corrected chi connectivity index (χ2v) is 12.8. The Hall–Kier alpha value is -4.15. The van der Waals surface area contributed by atoms with Crippen molar-refractivity contribution in [1.82, 2.24) is 35.0 Å². The molecule has 11 nitrogen and oxygen atoms in total. The zero-order valence-electron chi connectivity index (χ0n) is 29.5. The van der Waals surface area contributed by atoms with Gasteiger partial charge in [0.2, 0.25) is 0 Å². The van der Waals surface area contributed by atoms with Gasteiger partial charge in [0.25, 0.3) is 17.7 Å². The number of rotatable bonds is 9. The third-order valence-electron chi connectivity index (χ3n) is 6.32. The fourth-order valence-electron chi connectivity index (χ4n) is 4.20. The summed E-state index contributed by atoms with van der Waals surface area (Å²) in [5.74, 6) is 2.01. The number of aryl methyl sites for hydroxylation is 1. The lowest BCUT2D eigenvalue weighted by Gasteiger charge is -2.14. The summed E-state index contributed by atoms with van der Waals surface area (Å²) in [4.78, 5) is 44.5. The number of aromatic nitrogens is 4. The molecule has 0 aromatic carbocycles. The van der Waals surface area contributed by atoms with E-state index < -0.39 is 0 Å². The van der Waals surface area contributed by atoms with E-state index in [9.17, 15) is 14.4 Å². The van der Waals surface area contributed by atoms with E-state index in [1.54, 1.807) is 88.4 Å². The normalized spacial score (nSPS) is 10.6. The molecular formula is C34H53N7O4. The zero-order valence-corrected chi connectivity index (χ0v) is 29.5. The molecule has 0 fully saturated rings. The molecule has 3 aromatic heterocycles. The van der Waals surface area contributed by atoms with Crippen molar-refractivity contribution in [2.75, 3.05) is 42.3 Å². The summed E-state index contributed by atoms with van der Waals surface area (Å²) in [6.07, 6.45) is 5.69. The molecule has 0 saturated carbocycles. The maximum Gasteiger partial charge on any atom is 0.258 e. The molecule has 0 unspecified atom stereocenters. The van der Waals surface area contributed by atoms with Crippen LogP contribution in [0.3, 0.4) is 0 Å². The fraction of sp³-hybridized carbons (Fsp3) is 0.559. The van der Waals surface area contributed by atoms with Gasteiger partial charge in [0, 0.05) is 48.5 Å². The first-order valence-corrected chi connectivity index (χ1v) is 15.3. The van der Waals surface area contributed by atoms with Crippen LogP contribution in [0.15, 0.2) is 35.1 Å². The van der Waals surface area contributed by atoms with Crippen LogP contribution in [0.25, 0.3) is 0 Å². The minimum atomic E-state index is -0.0376. The molecule has 0 aliphatic carbocycles. The van der Waals surface area contributed by atoms with E-state index in [0.717, 1.165) is 41.9 Å². The highest BCUT2D eigenvalue weighted by atomic mass is 16.5. The first-order chi connectivity index (χ1) is 21.0. The Morgan fingerprint density at radius 2 is 1.13 bits per heavy atom. The summed E-state index contributed by atoms with van der Waals surface area (Å²) < 4.78 is 5.07. The lowest BCUT2D eigenvalue weighted by molar-refractivity contribution is 0.0817. The Labute approximate surface area is 269 Å². The van der Waals surface area contributed by atoms with E-state index in [1.165, 1.54) is 0 Å². The molecule has 0 aliphatic rings. The maximum atomic E-state index is 11.9. The summed E-state index contributed by atoms with van der Waals surface area (Å²) in [5.41, 5.74) is 4.44. The standard InChI is InChI=1S/C12H18N2O.C11H17N3O.C11H18N2O2/c1-9(2)8-11-10(6-5-7-13-11)12(15)14(3)4;1-8(2)7-10-9(5-6-12-13-10)11(15)14(3)4;1-7(2)6-9-10(8(3)15-12-9)11(14)13(4)5/h5-7,9H,8H2,1-4H3;5-6,8H,7H2,1-4H3;7H,6H2,1-5H3. The van der Waals surface area contributed by atoms with Crippen LogP contribution in [0.2, 0.25) is 0 Å². The topological polar surface area (TPSA) is 126 Å². The highest BCUT2D eigenvalue weighted by Crippen LogP contribution is 2.18. The Morgan fingerprint density at radius 1 is 0.667 bits per heavy atom. The molecule has 248 valence electrons. The molecule has 3 rings (SSSR count). The second kappa shape index (κ2) is 18.6. The van der Waals surface area contributed by atoms with Gasteiger partial charge in [-0.25, -0.2) is 0 Å². The number of carbonyl (C=O) groups is 3. The van der Waals surface area contributed by atoms with Crippen LogP contribution in [0.5, 0.6) is 0 Å². The van der Waals surface area contributed by atoms with E-state index in [4.69, 9.17) is 4.52 Å². The first kappa shape index (κ1) is 38.9. The van der Waals surface area contributed by atoms with Crippen molar-refractivity contribution in [1.29, 1.82) is 0 Å². The number of nitrogens with zero attached hydrogens (tertiary/aromatic N) is 7. The number of carbonyl (C=O) groups excluding carboxylic acids is 3. The van der Waals surface area contributed by atoms with Crippen LogP contribution in [-0.4, -0.2) is 95.0 Å². The SMILES string of the molecule is CC(C)Cc1ncccc1C(=O)N(C)C.CC(C)Cc1nnccc1C(=O)N(C)C.Cc1onc(CC(C)C)c1C(=O)N(C)C. The molecule has 3 amide bonds. The predicted molar refractivity (Wildman–Crippen MR) is 177 cm³/mol. The maximum absolute atomic E-state index is 11.9. The van der Waals surface area contributed by atoms with Crippen LogP contribution in [-0.2, 0) is 19.3 Å². The monoisotopic (exact) mass is 623 g/mol. The van der Waals surface area contributed by atoms with E-state index in [0.29, 0.717) is 34.6 Å². The van der Waals surface area contributed by atoms with Gasteiger partial charge in [0.15, 0.2) is 0 Å². The Bertz CT molecular complexity index is 1310. The van der Waals surface area contributed by atoms with Gasteiger partial charge in [0.1, 0.15) is 11.3 Å². The largest absolute Gasteiger partial charge is 0.361 e. The molecular weight excluding hydrogens is 570 g/mol. The highest BCUT2D eigenvalue weighted by molar-refractivity contribution is 5.96. The van der Waals surface area contributed by atoms with Crippen molar-refractivity contribution in [3.05, 3.63) is 70.1 Å². The van der Waals surface area contributed by atoms with Crippen molar-refractivity contribution in [2.45, 2.75) is 67.7 Å². The smallest absolute Gasteiger partial charge is 0.258 e. The molecule has 3 heterocycles. The van der Waals surface area contributed by atoms with Gasteiger partial charge in [-0.15, -0.1) is 0 Å². The van der Waals surface area contributed by atoms with Gasteiger partial charge >= 0.3 is 0 Å².